The molecule has 1 saturated heterocycles. The van der Waals surface area contributed by atoms with Crippen molar-refractivity contribution >= 4 is 42.3 Å². The minimum absolute atomic E-state index is 0.0980. The second kappa shape index (κ2) is 9.97. The third-order valence-electron chi connectivity index (χ3n) is 3.82. The molecule has 146 valence electrons. The Morgan fingerprint density at radius 2 is 1.88 bits per heavy atom. The lowest BCUT2D eigenvalue weighted by atomic mass is 10.2. The summed E-state index contributed by atoms with van der Waals surface area (Å²) >= 11 is 3.86. The van der Waals surface area contributed by atoms with Gasteiger partial charge in [0, 0.05) is 12.3 Å². The van der Waals surface area contributed by atoms with E-state index in [0.717, 1.165) is 0 Å². The number of nitrogens with two attached hydrogens (primary N) is 1. The van der Waals surface area contributed by atoms with E-state index in [1.165, 1.54) is 4.90 Å². The molecule has 11 nitrogen and oxygen atoms in total. The van der Waals surface area contributed by atoms with E-state index in [0.29, 0.717) is 12.8 Å². The SMILES string of the molecule is NC(CC(=O)O)C(=O)NCC(=O)N1CCCC1C(=O)NC(CS)C(=O)O. The molecule has 1 aliphatic heterocycles. The summed E-state index contributed by atoms with van der Waals surface area (Å²) in [6.07, 6.45) is 0.340. The molecule has 3 atom stereocenters. The van der Waals surface area contributed by atoms with Crippen molar-refractivity contribution in [2.45, 2.75) is 37.4 Å². The van der Waals surface area contributed by atoms with Gasteiger partial charge in [0.15, 0.2) is 0 Å². The van der Waals surface area contributed by atoms with E-state index >= 15 is 0 Å². The maximum absolute atomic E-state index is 12.2. The zero-order valence-corrected chi connectivity index (χ0v) is 14.8. The molecule has 0 spiro atoms. The maximum atomic E-state index is 12.2. The fourth-order valence-electron chi connectivity index (χ4n) is 2.47. The van der Waals surface area contributed by atoms with Gasteiger partial charge in [0.1, 0.15) is 12.1 Å². The van der Waals surface area contributed by atoms with Crippen molar-refractivity contribution in [1.29, 1.82) is 0 Å². The summed E-state index contributed by atoms with van der Waals surface area (Å²) < 4.78 is 0. The summed E-state index contributed by atoms with van der Waals surface area (Å²) in [4.78, 5) is 58.8. The predicted octanol–water partition coefficient (Wildman–Crippen LogP) is -2.61. The summed E-state index contributed by atoms with van der Waals surface area (Å²) in [5.41, 5.74) is 5.39. The Balaban J connectivity index is 2.59. The molecular formula is C14H22N4O7S. The Labute approximate surface area is 154 Å². The third-order valence-corrected chi connectivity index (χ3v) is 4.18. The number of amides is 3. The monoisotopic (exact) mass is 390 g/mol. The van der Waals surface area contributed by atoms with Crippen molar-refractivity contribution in [3.63, 3.8) is 0 Å². The van der Waals surface area contributed by atoms with Gasteiger partial charge in [-0.05, 0) is 12.8 Å². The van der Waals surface area contributed by atoms with Crippen LogP contribution in [0.2, 0.25) is 0 Å². The number of hydrogen-bond donors (Lipinski definition) is 6. The average Bonchev–Trinajstić information content (AvgIpc) is 3.05. The van der Waals surface area contributed by atoms with Crippen LogP contribution in [0.25, 0.3) is 0 Å². The molecule has 0 bridgehead atoms. The fraction of sp³-hybridized carbons (Fsp3) is 0.643. The van der Waals surface area contributed by atoms with Gasteiger partial charge in [-0.2, -0.15) is 12.6 Å². The van der Waals surface area contributed by atoms with Gasteiger partial charge in [0.2, 0.25) is 17.7 Å². The molecule has 0 aromatic carbocycles. The van der Waals surface area contributed by atoms with Crippen LogP contribution in [0.3, 0.4) is 0 Å². The molecule has 0 saturated carbocycles. The van der Waals surface area contributed by atoms with Crippen molar-refractivity contribution in [2.75, 3.05) is 18.8 Å². The highest BCUT2D eigenvalue weighted by molar-refractivity contribution is 7.80. The van der Waals surface area contributed by atoms with Gasteiger partial charge in [0.05, 0.1) is 19.0 Å². The van der Waals surface area contributed by atoms with Gasteiger partial charge in [0.25, 0.3) is 0 Å². The van der Waals surface area contributed by atoms with Crippen LogP contribution in [0.5, 0.6) is 0 Å². The van der Waals surface area contributed by atoms with Crippen LogP contribution >= 0.6 is 12.6 Å². The Bertz CT molecular complexity index is 586. The van der Waals surface area contributed by atoms with E-state index in [4.69, 9.17) is 15.9 Å². The summed E-state index contributed by atoms with van der Waals surface area (Å²) in [6, 6.07) is -3.30. The van der Waals surface area contributed by atoms with Gasteiger partial charge in [-0.3, -0.25) is 19.2 Å². The van der Waals surface area contributed by atoms with Gasteiger partial charge < -0.3 is 31.5 Å². The first-order valence-corrected chi connectivity index (χ1v) is 8.49. The average molecular weight is 390 g/mol. The minimum Gasteiger partial charge on any atom is -0.481 e. The van der Waals surface area contributed by atoms with Gasteiger partial charge in [-0.15, -0.1) is 0 Å². The molecule has 3 unspecified atom stereocenters. The molecule has 1 fully saturated rings. The summed E-state index contributed by atoms with van der Waals surface area (Å²) in [5, 5.41) is 22.1. The van der Waals surface area contributed by atoms with E-state index in [1.807, 2.05) is 0 Å². The van der Waals surface area contributed by atoms with Gasteiger partial charge >= 0.3 is 11.9 Å². The van der Waals surface area contributed by atoms with Crippen molar-refractivity contribution in [3.8, 4) is 0 Å². The fourth-order valence-corrected chi connectivity index (χ4v) is 2.71. The topological polar surface area (TPSA) is 179 Å². The molecule has 0 aromatic rings. The number of carboxylic acid groups (broad SMARTS) is 2. The zero-order valence-electron chi connectivity index (χ0n) is 13.9. The Morgan fingerprint density at radius 1 is 1.23 bits per heavy atom. The Morgan fingerprint density at radius 3 is 2.42 bits per heavy atom. The molecule has 3 amide bonds. The quantitative estimate of drug-likeness (QED) is 0.232. The summed E-state index contributed by atoms with van der Waals surface area (Å²) in [5.74, 6) is -4.51. The predicted molar refractivity (Wildman–Crippen MR) is 91.4 cm³/mol. The standard InChI is InChI=1S/C14H22N4O7S/c15-7(4-11(20)21)12(22)16-5-10(19)18-3-1-2-9(18)13(23)17-8(6-26)14(24)25/h7-9,26H,1-6,15H2,(H,16,22)(H,17,23)(H,20,21)(H,24,25). The zero-order chi connectivity index (χ0) is 19.9. The minimum atomic E-state index is -1.29. The maximum Gasteiger partial charge on any atom is 0.327 e. The number of nitrogens with zero attached hydrogens (tertiary/aromatic N) is 1. The lowest BCUT2D eigenvalue weighted by Crippen LogP contribution is -2.53. The summed E-state index contributed by atoms with van der Waals surface area (Å²) in [6.45, 7) is -0.155. The van der Waals surface area contributed by atoms with Gasteiger partial charge in [-0.25, -0.2) is 4.79 Å². The first-order chi connectivity index (χ1) is 12.2. The number of rotatable bonds is 9. The molecular weight excluding hydrogens is 368 g/mol. The highest BCUT2D eigenvalue weighted by Gasteiger charge is 2.35. The molecule has 1 rings (SSSR count). The van der Waals surface area contributed by atoms with E-state index in [9.17, 15) is 24.0 Å². The van der Waals surface area contributed by atoms with E-state index < -0.39 is 60.8 Å². The van der Waals surface area contributed by atoms with Gasteiger partial charge in [-0.1, -0.05) is 0 Å². The molecule has 1 heterocycles. The number of carbonyl (C=O) groups is 5. The molecule has 12 heteroatoms. The number of nitrogens with one attached hydrogen (secondary N) is 2. The molecule has 0 aromatic heterocycles. The van der Waals surface area contributed by atoms with E-state index in [1.54, 1.807) is 0 Å². The molecule has 0 radical (unpaired) electrons. The van der Waals surface area contributed by atoms with Crippen molar-refractivity contribution < 1.29 is 34.2 Å². The van der Waals surface area contributed by atoms with E-state index in [-0.39, 0.29) is 12.3 Å². The molecule has 0 aliphatic carbocycles. The smallest absolute Gasteiger partial charge is 0.327 e. The first kappa shape index (κ1) is 21.7. The number of hydrogen-bond acceptors (Lipinski definition) is 7. The number of aliphatic carboxylic acids is 2. The van der Waals surface area contributed by atoms with Crippen LogP contribution < -0.4 is 16.4 Å². The highest BCUT2D eigenvalue weighted by Crippen LogP contribution is 2.17. The Kier molecular flexibility index (Phi) is 8.32. The normalized spacial score (nSPS) is 18.7. The number of carboxylic acids is 2. The van der Waals surface area contributed by atoms with Crippen LogP contribution in [0.1, 0.15) is 19.3 Å². The third kappa shape index (κ3) is 6.19. The number of thiol groups is 1. The van der Waals surface area contributed by atoms with Crippen LogP contribution in [0.4, 0.5) is 0 Å². The van der Waals surface area contributed by atoms with Crippen LogP contribution in [0, 0.1) is 0 Å². The van der Waals surface area contributed by atoms with Crippen LogP contribution in [-0.2, 0) is 24.0 Å². The first-order valence-electron chi connectivity index (χ1n) is 7.86. The molecule has 26 heavy (non-hydrogen) atoms. The highest BCUT2D eigenvalue weighted by atomic mass is 32.1. The van der Waals surface area contributed by atoms with Crippen LogP contribution in [-0.4, -0.2) is 81.7 Å². The number of carbonyl (C=O) groups excluding carboxylic acids is 3. The van der Waals surface area contributed by atoms with Crippen molar-refractivity contribution in [3.05, 3.63) is 0 Å². The second-order valence-electron chi connectivity index (χ2n) is 5.75. The largest absolute Gasteiger partial charge is 0.481 e. The van der Waals surface area contributed by atoms with E-state index in [2.05, 4.69) is 23.3 Å². The second-order valence-corrected chi connectivity index (χ2v) is 6.11. The van der Waals surface area contributed by atoms with Crippen molar-refractivity contribution in [1.82, 2.24) is 15.5 Å². The van der Waals surface area contributed by atoms with Crippen LogP contribution in [0.15, 0.2) is 0 Å². The lowest BCUT2D eigenvalue weighted by Gasteiger charge is -2.25. The lowest BCUT2D eigenvalue weighted by molar-refractivity contribution is -0.143. The Hall–Kier alpha value is -2.34. The molecule has 1 aliphatic rings. The number of likely N-dealkylation sites (tertiary alicyclic amines) is 1. The summed E-state index contributed by atoms with van der Waals surface area (Å²) in [7, 11) is 0. The van der Waals surface area contributed by atoms with Crippen molar-refractivity contribution in [2.24, 2.45) is 5.73 Å². The molecule has 6 N–H and O–H groups in total.